The molecule has 0 unspecified atom stereocenters. The van der Waals surface area contributed by atoms with Gasteiger partial charge in [0.25, 0.3) is 0 Å². The number of methoxy groups -OCH3 is 1. The fraction of sp³-hybridized carbons (Fsp3) is 0.524. The molecular weight excluding hydrogens is 382 g/mol. The van der Waals surface area contributed by atoms with Gasteiger partial charge in [0.05, 0.1) is 17.8 Å². The number of nitrogens with zero attached hydrogens (tertiary/aromatic N) is 5. The van der Waals surface area contributed by atoms with Crippen molar-refractivity contribution in [2.75, 3.05) is 39.9 Å². The maximum atomic E-state index is 11.7. The number of amides is 1. The summed E-state index contributed by atoms with van der Waals surface area (Å²) in [6.07, 6.45) is 6.96. The number of piperidine rings is 1. The second-order valence-electron chi connectivity index (χ2n) is 7.64. The van der Waals surface area contributed by atoms with Crippen LogP contribution in [0.5, 0.6) is 0 Å². The Kier molecular flexibility index (Phi) is 6.26. The minimum atomic E-state index is -0.124. The number of aromatic nitrogens is 4. The summed E-state index contributed by atoms with van der Waals surface area (Å²) < 4.78 is 7.24. The lowest BCUT2D eigenvalue weighted by atomic mass is 10.0. The van der Waals surface area contributed by atoms with Crippen molar-refractivity contribution in [3.8, 4) is 6.07 Å². The van der Waals surface area contributed by atoms with Gasteiger partial charge in [-0.05, 0) is 18.9 Å². The van der Waals surface area contributed by atoms with E-state index in [1.165, 1.54) is 7.11 Å². The van der Waals surface area contributed by atoms with Crippen LogP contribution in [-0.4, -0.2) is 70.2 Å². The molecule has 1 fully saturated rings. The van der Waals surface area contributed by atoms with E-state index in [9.17, 15) is 4.79 Å². The predicted octanol–water partition coefficient (Wildman–Crippen LogP) is 1.77. The zero-order valence-electron chi connectivity index (χ0n) is 17.2. The van der Waals surface area contributed by atoms with Crippen LogP contribution in [-0.2, 0) is 16.0 Å². The molecule has 0 atom stereocenters. The van der Waals surface area contributed by atoms with Gasteiger partial charge in [-0.2, -0.15) is 5.26 Å². The number of H-pyrrole nitrogens is 1. The molecule has 158 valence electrons. The van der Waals surface area contributed by atoms with Gasteiger partial charge in [-0.15, -0.1) is 0 Å². The summed E-state index contributed by atoms with van der Waals surface area (Å²) in [6, 6.07) is 4.62. The molecule has 3 aromatic rings. The molecule has 1 aliphatic heterocycles. The summed E-state index contributed by atoms with van der Waals surface area (Å²) in [5, 5.41) is 12.8. The molecule has 1 amide bonds. The number of imidazole rings is 1. The highest BCUT2D eigenvalue weighted by atomic mass is 16.5. The van der Waals surface area contributed by atoms with E-state index in [-0.39, 0.29) is 12.5 Å². The number of aromatic amines is 1. The quantitative estimate of drug-likeness (QED) is 0.586. The number of hydrogen-bond donors (Lipinski definition) is 2. The molecule has 9 nitrogen and oxygen atoms in total. The smallest absolute Gasteiger partial charge is 0.245 e. The number of rotatable bonds is 8. The minimum Gasteiger partial charge on any atom is -0.375 e. The Labute approximate surface area is 175 Å². The largest absolute Gasteiger partial charge is 0.375 e. The molecule has 0 bridgehead atoms. The van der Waals surface area contributed by atoms with Crippen molar-refractivity contribution in [1.82, 2.24) is 29.7 Å². The van der Waals surface area contributed by atoms with E-state index in [0.29, 0.717) is 25.4 Å². The molecule has 4 rings (SSSR count). The van der Waals surface area contributed by atoms with Crippen LogP contribution in [0.1, 0.15) is 31.1 Å². The van der Waals surface area contributed by atoms with Gasteiger partial charge in [-0.3, -0.25) is 4.79 Å². The van der Waals surface area contributed by atoms with Crippen LogP contribution in [0, 0.1) is 11.3 Å². The lowest BCUT2D eigenvalue weighted by Gasteiger charge is -2.33. The molecule has 0 aromatic carbocycles. The van der Waals surface area contributed by atoms with Crippen molar-refractivity contribution in [3.63, 3.8) is 0 Å². The van der Waals surface area contributed by atoms with Crippen molar-refractivity contribution in [2.24, 2.45) is 0 Å². The van der Waals surface area contributed by atoms with Gasteiger partial charge in [0.2, 0.25) is 5.91 Å². The Balaban J connectivity index is 1.61. The van der Waals surface area contributed by atoms with Crippen LogP contribution in [0.2, 0.25) is 0 Å². The first-order valence-electron chi connectivity index (χ1n) is 10.4. The molecule has 30 heavy (non-hydrogen) atoms. The molecule has 0 radical (unpaired) electrons. The zero-order valence-corrected chi connectivity index (χ0v) is 17.2. The predicted molar refractivity (Wildman–Crippen MR) is 113 cm³/mol. The van der Waals surface area contributed by atoms with E-state index in [0.717, 1.165) is 60.4 Å². The monoisotopic (exact) mass is 409 g/mol. The molecule has 0 saturated carbocycles. The number of fused-ring (bicyclic) bond motifs is 3. The fourth-order valence-corrected chi connectivity index (χ4v) is 4.32. The van der Waals surface area contributed by atoms with E-state index in [1.807, 2.05) is 12.4 Å². The molecular formula is C21H27N7O2. The summed E-state index contributed by atoms with van der Waals surface area (Å²) in [7, 11) is 1.51. The van der Waals surface area contributed by atoms with Crippen molar-refractivity contribution < 1.29 is 9.53 Å². The lowest BCUT2D eigenvalue weighted by Crippen LogP contribution is -2.36. The maximum absolute atomic E-state index is 11.7. The number of hydrogen-bond acceptors (Lipinski definition) is 6. The number of pyridine rings is 1. The van der Waals surface area contributed by atoms with Crippen molar-refractivity contribution in [2.45, 2.75) is 31.7 Å². The first-order chi connectivity index (χ1) is 14.7. The standard InChI is InChI=1S/C21H27N7O2/c1-30-14-19(29)23-9-4-18-26-17-13-25-21-16(3-8-24-21)20(17)28(18)15-5-11-27(12-6-15)10-2-7-22/h3,8,13,15H,2,4-6,9-12,14H2,1H3,(H,23,29)(H,24,25). The SMILES string of the molecule is COCC(=O)NCCc1nc2cnc3[nH]ccc3c2n1C1CCN(CCC#N)CC1. The number of likely N-dealkylation sites (tertiary alicyclic amines) is 1. The lowest BCUT2D eigenvalue weighted by molar-refractivity contribution is -0.124. The molecule has 9 heteroatoms. The van der Waals surface area contributed by atoms with Gasteiger partial charge in [-0.25, -0.2) is 9.97 Å². The Morgan fingerprint density at radius 2 is 2.27 bits per heavy atom. The second-order valence-corrected chi connectivity index (χ2v) is 7.64. The van der Waals surface area contributed by atoms with Crippen LogP contribution in [0.3, 0.4) is 0 Å². The van der Waals surface area contributed by atoms with Gasteiger partial charge in [0, 0.05) is 63.8 Å². The summed E-state index contributed by atoms with van der Waals surface area (Å²) in [5.74, 6) is 0.842. The Bertz CT molecular complexity index is 1060. The van der Waals surface area contributed by atoms with E-state index in [4.69, 9.17) is 15.0 Å². The number of carbonyl (C=O) groups excluding carboxylic acids is 1. The Hall–Kier alpha value is -2.96. The number of nitrogens with one attached hydrogen (secondary N) is 2. The molecule has 1 aliphatic rings. The van der Waals surface area contributed by atoms with Crippen molar-refractivity contribution in [3.05, 3.63) is 24.3 Å². The first-order valence-corrected chi connectivity index (χ1v) is 10.4. The van der Waals surface area contributed by atoms with Gasteiger partial charge >= 0.3 is 0 Å². The first kappa shape index (κ1) is 20.3. The van der Waals surface area contributed by atoms with Crippen LogP contribution >= 0.6 is 0 Å². The molecule has 1 saturated heterocycles. The minimum absolute atomic E-state index is 0.0610. The maximum Gasteiger partial charge on any atom is 0.245 e. The summed E-state index contributed by atoms with van der Waals surface area (Å²) in [6.45, 7) is 3.34. The molecule has 3 aromatic heterocycles. The van der Waals surface area contributed by atoms with Gasteiger partial charge in [0.1, 0.15) is 23.6 Å². The van der Waals surface area contributed by atoms with E-state index >= 15 is 0 Å². The molecule has 4 heterocycles. The highest BCUT2D eigenvalue weighted by Gasteiger charge is 2.25. The highest BCUT2D eigenvalue weighted by molar-refractivity contribution is 6.01. The third-order valence-electron chi connectivity index (χ3n) is 5.72. The van der Waals surface area contributed by atoms with E-state index in [2.05, 4.69) is 36.9 Å². The highest BCUT2D eigenvalue weighted by Crippen LogP contribution is 2.32. The van der Waals surface area contributed by atoms with Gasteiger partial charge in [0.15, 0.2) is 0 Å². The average Bonchev–Trinajstić information content (AvgIpc) is 3.37. The molecule has 2 N–H and O–H groups in total. The van der Waals surface area contributed by atoms with Crippen LogP contribution in [0.15, 0.2) is 18.5 Å². The summed E-state index contributed by atoms with van der Waals surface area (Å²) >= 11 is 0. The average molecular weight is 409 g/mol. The third kappa shape index (κ3) is 4.15. The van der Waals surface area contributed by atoms with Crippen molar-refractivity contribution in [1.29, 1.82) is 5.26 Å². The van der Waals surface area contributed by atoms with Crippen LogP contribution < -0.4 is 5.32 Å². The summed E-state index contributed by atoms with van der Waals surface area (Å²) in [4.78, 5) is 26.7. The van der Waals surface area contributed by atoms with Crippen LogP contribution in [0.25, 0.3) is 22.1 Å². The number of ether oxygens (including phenoxy) is 1. The van der Waals surface area contributed by atoms with Gasteiger partial charge < -0.3 is 24.5 Å². The Morgan fingerprint density at radius 3 is 3.03 bits per heavy atom. The molecule has 0 aliphatic carbocycles. The zero-order chi connectivity index (χ0) is 20.9. The van der Waals surface area contributed by atoms with E-state index in [1.54, 1.807) is 0 Å². The fourth-order valence-electron chi connectivity index (χ4n) is 4.32. The topological polar surface area (TPSA) is 112 Å². The third-order valence-corrected chi connectivity index (χ3v) is 5.72. The second kappa shape index (κ2) is 9.24. The summed E-state index contributed by atoms with van der Waals surface area (Å²) in [5.41, 5.74) is 2.84. The van der Waals surface area contributed by atoms with E-state index < -0.39 is 0 Å². The normalized spacial score (nSPS) is 15.6. The van der Waals surface area contributed by atoms with Crippen molar-refractivity contribution >= 4 is 28.0 Å². The molecule has 0 spiro atoms. The Morgan fingerprint density at radius 1 is 1.43 bits per heavy atom. The van der Waals surface area contributed by atoms with Crippen LogP contribution in [0.4, 0.5) is 0 Å². The van der Waals surface area contributed by atoms with Gasteiger partial charge in [-0.1, -0.05) is 0 Å². The number of nitriles is 1. The number of carbonyl (C=O) groups is 1.